The molecule has 4 aliphatic carbocycles. The Morgan fingerprint density at radius 3 is 1.38 bits per heavy atom. The van der Waals surface area contributed by atoms with Gasteiger partial charge in [-0.2, -0.15) is 16.8 Å². The summed E-state index contributed by atoms with van der Waals surface area (Å²) >= 11 is 0. The van der Waals surface area contributed by atoms with Crippen LogP contribution in [-0.2, 0) is 24.4 Å². The highest BCUT2D eigenvalue weighted by atomic mass is 32.2. The highest BCUT2D eigenvalue weighted by molar-refractivity contribution is 7.89. The third-order valence-corrected chi connectivity index (χ3v) is 12.8. The van der Waals surface area contributed by atoms with Crippen molar-refractivity contribution in [3.63, 3.8) is 0 Å². The lowest BCUT2D eigenvalue weighted by atomic mass is 9.76. The van der Waals surface area contributed by atoms with Gasteiger partial charge in [-0.05, 0) is 85.8 Å². The minimum Gasteiger partial charge on any atom is -0.284 e. The zero-order valence-electron chi connectivity index (χ0n) is 23.5. The third-order valence-electron chi connectivity index (χ3n) is 10.1. The Kier molecular flexibility index (Phi) is 9.78. The van der Waals surface area contributed by atoms with E-state index in [1.165, 1.54) is 37.7 Å². The first-order valence-electron chi connectivity index (χ1n) is 15.8. The Bertz CT molecular complexity index is 1130. The van der Waals surface area contributed by atoms with E-state index in [2.05, 4.69) is 12.1 Å². The van der Waals surface area contributed by atoms with Crippen LogP contribution < -0.4 is 0 Å². The molecule has 1 atom stereocenters. The largest absolute Gasteiger partial charge is 0.298 e. The third kappa shape index (κ3) is 7.10. The van der Waals surface area contributed by atoms with Gasteiger partial charge >= 0.3 is 0 Å². The number of hydrogen-bond donors (Lipinski definition) is 1. The van der Waals surface area contributed by atoms with Crippen LogP contribution in [0.3, 0.4) is 0 Å². The first kappa shape index (κ1) is 29.5. The maximum Gasteiger partial charge on any atom is 0.298 e. The molecule has 1 aromatic rings. The standard InChI is InChI=1S/C31H48O6S2/c32-38(33,34)31(26-19-11-4-12-20-26)37-39(35,36)30-28(24-15-7-2-8-16-24)21-27(23-13-5-1-6-14-23)22-29(30)25-17-9-3-10-18-25/h21-26,31H,1-20H2,(H,32,33,34). The van der Waals surface area contributed by atoms with Gasteiger partial charge < -0.3 is 0 Å². The lowest BCUT2D eigenvalue weighted by Gasteiger charge is -2.33. The summed E-state index contributed by atoms with van der Waals surface area (Å²) in [5, 5.41) is 0. The molecule has 4 aliphatic rings. The molecule has 1 aromatic carbocycles. The van der Waals surface area contributed by atoms with E-state index in [1.807, 2.05) is 0 Å². The number of rotatable bonds is 8. The minimum atomic E-state index is -4.71. The van der Waals surface area contributed by atoms with Gasteiger partial charge in [-0.25, -0.2) is 4.18 Å². The number of benzene rings is 1. The Labute approximate surface area is 236 Å². The lowest BCUT2D eigenvalue weighted by Crippen LogP contribution is -2.36. The first-order valence-corrected chi connectivity index (χ1v) is 18.7. The van der Waals surface area contributed by atoms with Gasteiger partial charge in [0.05, 0.1) is 0 Å². The van der Waals surface area contributed by atoms with Crippen molar-refractivity contribution in [2.24, 2.45) is 5.92 Å². The summed E-state index contributed by atoms with van der Waals surface area (Å²) in [6.07, 6.45) is 20.1. The second-order valence-electron chi connectivity index (χ2n) is 12.9. The zero-order valence-corrected chi connectivity index (χ0v) is 25.1. The van der Waals surface area contributed by atoms with Crippen LogP contribution in [0.25, 0.3) is 0 Å². The van der Waals surface area contributed by atoms with Crippen molar-refractivity contribution in [2.75, 3.05) is 0 Å². The Balaban J connectivity index is 1.63. The van der Waals surface area contributed by atoms with Gasteiger partial charge in [-0.15, -0.1) is 0 Å². The fraction of sp³-hybridized carbons (Fsp3) is 0.806. The van der Waals surface area contributed by atoms with Gasteiger partial charge in [0.1, 0.15) is 4.90 Å². The monoisotopic (exact) mass is 580 g/mol. The van der Waals surface area contributed by atoms with E-state index in [9.17, 15) is 21.4 Å². The minimum absolute atomic E-state index is 0.136. The molecule has 0 heterocycles. The zero-order chi connectivity index (χ0) is 27.5. The summed E-state index contributed by atoms with van der Waals surface area (Å²) in [6.45, 7) is 0. The highest BCUT2D eigenvalue weighted by Gasteiger charge is 2.41. The van der Waals surface area contributed by atoms with Gasteiger partial charge in [-0.3, -0.25) is 4.55 Å². The summed E-state index contributed by atoms with van der Waals surface area (Å²) in [4.78, 5) is 0.241. The van der Waals surface area contributed by atoms with E-state index >= 15 is 0 Å². The van der Waals surface area contributed by atoms with Crippen LogP contribution in [0.2, 0.25) is 0 Å². The van der Waals surface area contributed by atoms with E-state index in [4.69, 9.17) is 4.18 Å². The van der Waals surface area contributed by atoms with Crippen LogP contribution in [0, 0.1) is 5.92 Å². The molecule has 6 nitrogen and oxygen atoms in total. The molecule has 0 saturated heterocycles. The Morgan fingerprint density at radius 2 is 0.974 bits per heavy atom. The van der Waals surface area contributed by atoms with Gasteiger partial charge in [0.25, 0.3) is 20.2 Å². The predicted molar refractivity (Wildman–Crippen MR) is 154 cm³/mol. The fourth-order valence-corrected chi connectivity index (χ4v) is 11.0. The molecule has 1 N–H and O–H groups in total. The van der Waals surface area contributed by atoms with Crippen LogP contribution in [0.5, 0.6) is 0 Å². The lowest BCUT2D eigenvalue weighted by molar-refractivity contribution is 0.165. The molecular formula is C31H48O6S2. The molecule has 1 unspecified atom stereocenters. The molecular weight excluding hydrogens is 532 g/mol. The van der Waals surface area contributed by atoms with Gasteiger partial charge in [0.15, 0.2) is 0 Å². The average Bonchev–Trinajstić information content (AvgIpc) is 2.96. The Hall–Kier alpha value is -0.960. The van der Waals surface area contributed by atoms with E-state index in [0.717, 1.165) is 94.6 Å². The molecule has 0 radical (unpaired) electrons. The van der Waals surface area contributed by atoms with E-state index < -0.39 is 31.6 Å². The van der Waals surface area contributed by atoms with Crippen molar-refractivity contribution in [1.29, 1.82) is 0 Å². The second kappa shape index (κ2) is 12.9. The average molecular weight is 581 g/mol. The van der Waals surface area contributed by atoms with Crippen LogP contribution in [0.1, 0.15) is 163 Å². The quantitative estimate of drug-likeness (QED) is 0.245. The molecule has 0 aliphatic heterocycles. The van der Waals surface area contributed by atoms with Crippen molar-refractivity contribution >= 4 is 20.2 Å². The molecule has 4 saturated carbocycles. The van der Waals surface area contributed by atoms with Crippen molar-refractivity contribution in [2.45, 2.75) is 157 Å². The SMILES string of the molecule is O=S(=O)(OC(C1CCCCC1)S(=O)(=O)O)c1c(C2CCCCC2)cc(C2CCCCC2)cc1C1CCCCC1. The molecule has 0 spiro atoms. The molecule has 5 rings (SSSR count). The van der Waals surface area contributed by atoms with Gasteiger partial charge in [-0.1, -0.05) is 89.2 Å². The molecule has 8 heteroatoms. The fourth-order valence-electron chi connectivity index (χ4n) is 8.04. The summed E-state index contributed by atoms with van der Waals surface area (Å²) in [5.74, 6) is 0.212. The predicted octanol–water partition coefficient (Wildman–Crippen LogP) is 8.33. The maximum absolute atomic E-state index is 14.3. The molecule has 0 bridgehead atoms. The summed E-state index contributed by atoms with van der Waals surface area (Å²) < 4.78 is 69.7. The molecule has 4 fully saturated rings. The van der Waals surface area contributed by atoms with E-state index in [0.29, 0.717) is 18.8 Å². The van der Waals surface area contributed by atoms with E-state index in [-0.39, 0.29) is 16.7 Å². The summed E-state index contributed by atoms with van der Waals surface area (Å²) in [5.41, 5.74) is 1.25. The van der Waals surface area contributed by atoms with Crippen molar-refractivity contribution in [1.82, 2.24) is 0 Å². The summed E-state index contributed by atoms with van der Waals surface area (Å²) in [6, 6.07) is 4.33. The van der Waals surface area contributed by atoms with Crippen LogP contribution in [0.4, 0.5) is 0 Å². The Morgan fingerprint density at radius 1 is 0.590 bits per heavy atom. The first-order chi connectivity index (χ1) is 18.7. The van der Waals surface area contributed by atoms with Gasteiger partial charge in [0, 0.05) is 5.92 Å². The van der Waals surface area contributed by atoms with E-state index in [1.54, 1.807) is 0 Å². The molecule has 39 heavy (non-hydrogen) atoms. The normalized spacial score (nSPS) is 24.5. The van der Waals surface area contributed by atoms with Crippen molar-refractivity contribution in [3.05, 3.63) is 28.8 Å². The molecule has 220 valence electrons. The summed E-state index contributed by atoms with van der Waals surface area (Å²) in [7, 11) is -9.15. The van der Waals surface area contributed by atoms with Crippen molar-refractivity contribution < 1.29 is 25.6 Å². The molecule has 0 aromatic heterocycles. The topological polar surface area (TPSA) is 97.7 Å². The second-order valence-corrected chi connectivity index (χ2v) is 15.9. The van der Waals surface area contributed by atoms with Crippen LogP contribution in [-0.4, -0.2) is 26.8 Å². The van der Waals surface area contributed by atoms with Crippen molar-refractivity contribution in [3.8, 4) is 0 Å². The number of hydrogen-bond acceptors (Lipinski definition) is 5. The van der Waals surface area contributed by atoms with Crippen LogP contribution in [0.15, 0.2) is 17.0 Å². The van der Waals surface area contributed by atoms with Crippen LogP contribution >= 0.6 is 0 Å². The highest BCUT2D eigenvalue weighted by Crippen LogP contribution is 2.46. The van der Waals surface area contributed by atoms with Gasteiger partial charge in [0.2, 0.25) is 5.44 Å². The molecule has 0 amide bonds. The maximum atomic E-state index is 14.3. The smallest absolute Gasteiger partial charge is 0.284 e.